The number of hydrogen-bond acceptors (Lipinski definition) is 4. The smallest absolute Gasteiger partial charge is 0.235 e. The van der Waals surface area contributed by atoms with Gasteiger partial charge in [0.25, 0.3) is 0 Å². The van der Waals surface area contributed by atoms with Crippen molar-refractivity contribution in [2.45, 2.75) is 0 Å². The van der Waals surface area contributed by atoms with Crippen LogP contribution in [0.5, 0.6) is 0 Å². The van der Waals surface area contributed by atoms with Crippen molar-refractivity contribution in [1.29, 1.82) is 0 Å². The summed E-state index contributed by atoms with van der Waals surface area (Å²) in [6.07, 6.45) is 0. The summed E-state index contributed by atoms with van der Waals surface area (Å²) in [6, 6.07) is 0. The lowest BCUT2D eigenvalue weighted by Gasteiger charge is -1.90. The zero-order valence-corrected chi connectivity index (χ0v) is 5.94. The van der Waals surface area contributed by atoms with Crippen LogP contribution in [0.2, 0.25) is 0 Å². The van der Waals surface area contributed by atoms with E-state index in [0.717, 1.165) is 10.8 Å². The Morgan fingerprint density at radius 3 is 1.89 bits per heavy atom. The van der Waals surface area contributed by atoms with E-state index in [9.17, 15) is 12.6 Å². The predicted octanol–water partition coefficient (Wildman–Crippen LogP) is -0.551. The molecule has 52 valence electrons. The number of hydrogen-bond donors (Lipinski definition) is 0. The second kappa shape index (κ2) is 1.59. The van der Waals surface area contributed by atoms with Crippen molar-refractivity contribution in [3.63, 3.8) is 0 Å². The minimum Gasteiger partial charge on any atom is -0.235 e. The fraction of sp³-hybridized carbons (Fsp3) is 0. The van der Waals surface area contributed by atoms with Crippen molar-refractivity contribution in [1.82, 2.24) is 0 Å². The van der Waals surface area contributed by atoms with Gasteiger partial charge in [0.05, 0.1) is 5.41 Å². The second-order valence-corrected chi connectivity index (χ2v) is 4.90. The van der Waals surface area contributed by atoms with E-state index in [1.807, 2.05) is 0 Å². The molecular weight excluding hydrogens is 164 g/mol. The Kier molecular flexibility index (Phi) is 1.20. The van der Waals surface area contributed by atoms with Crippen LogP contribution in [0.4, 0.5) is 0 Å². The van der Waals surface area contributed by atoms with Crippen LogP contribution in [-0.2, 0) is 23.6 Å². The third kappa shape index (κ3) is 1.54. The van der Waals surface area contributed by atoms with Crippen LogP contribution in [0.15, 0.2) is 10.8 Å². The fourth-order valence-electron chi connectivity index (χ4n) is 0.359. The first-order valence-corrected chi connectivity index (χ1v) is 5.11. The van der Waals surface area contributed by atoms with Gasteiger partial charge in [-0.05, 0) is 5.87 Å². The Labute approximate surface area is 53.5 Å². The molecule has 0 fully saturated rings. The summed E-state index contributed by atoms with van der Waals surface area (Å²) in [7, 11) is -6.59. The standard InChI is InChI=1S/C3H4O4S2/c1-8(4)2-3-9(5,6)7-8/h2-3H,1H2. The van der Waals surface area contributed by atoms with E-state index < -0.39 is 19.9 Å². The summed E-state index contributed by atoms with van der Waals surface area (Å²) >= 11 is 0. The molecule has 0 amide bonds. The molecule has 9 heavy (non-hydrogen) atoms. The molecule has 6 heteroatoms. The summed E-state index contributed by atoms with van der Waals surface area (Å²) in [4.78, 5) is 0. The minimum atomic E-state index is -3.67. The summed E-state index contributed by atoms with van der Waals surface area (Å²) in [6.45, 7) is 0. The van der Waals surface area contributed by atoms with Crippen molar-refractivity contribution >= 4 is 25.8 Å². The molecule has 0 spiro atoms. The van der Waals surface area contributed by atoms with Gasteiger partial charge in [-0.25, -0.2) is 4.21 Å². The van der Waals surface area contributed by atoms with E-state index in [1.165, 1.54) is 0 Å². The monoisotopic (exact) mass is 168 g/mol. The van der Waals surface area contributed by atoms with Crippen molar-refractivity contribution in [3.05, 3.63) is 10.8 Å². The van der Waals surface area contributed by atoms with E-state index >= 15 is 0 Å². The van der Waals surface area contributed by atoms with Gasteiger partial charge in [0.1, 0.15) is 9.80 Å². The highest BCUT2D eigenvalue weighted by Crippen LogP contribution is 2.12. The topological polar surface area (TPSA) is 60.4 Å². The molecule has 0 aromatic rings. The highest BCUT2D eigenvalue weighted by atomic mass is 32.3. The molecule has 0 saturated heterocycles. The number of rotatable bonds is 0. The van der Waals surface area contributed by atoms with E-state index in [4.69, 9.17) is 0 Å². The van der Waals surface area contributed by atoms with Crippen molar-refractivity contribution < 1.29 is 16.3 Å². The molecule has 0 radical (unpaired) electrons. The Morgan fingerprint density at radius 1 is 1.22 bits per heavy atom. The van der Waals surface area contributed by atoms with E-state index in [2.05, 4.69) is 9.50 Å². The second-order valence-electron chi connectivity index (χ2n) is 1.50. The SMILES string of the molecule is C=S1(=O)C=CS(=O)(=O)O1. The summed E-state index contributed by atoms with van der Waals surface area (Å²) in [5, 5.41) is 1.67. The molecule has 0 saturated carbocycles. The highest BCUT2D eigenvalue weighted by molar-refractivity contribution is 8.10. The van der Waals surface area contributed by atoms with Crippen molar-refractivity contribution in [3.8, 4) is 0 Å². The molecule has 1 rings (SSSR count). The van der Waals surface area contributed by atoms with Gasteiger partial charge in [0, 0.05) is 5.41 Å². The van der Waals surface area contributed by atoms with E-state index in [1.54, 1.807) is 0 Å². The van der Waals surface area contributed by atoms with E-state index in [0.29, 0.717) is 0 Å². The average molecular weight is 168 g/mol. The molecule has 4 nitrogen and oxygen atoms in total. The largest absolute Gasteiger partial charge is 0.303 e. The maximum Gasteiger partial charge on any atom is 0.303 e. The summed E-state index contributed by atoms with van der Waals surface area (Å²) in [5.74, 6) is 3.00. The van der Waals surface area contributed by atoms with Gasteiger partial charge < -0.3 is 0 Å². The van der Waals surface area contributed by atoms with Crippen molar-refractivity contribution in [2.75, 3.05) is 0 Å². The predicted molar refractivity (Wildman–Crippen MR) is 34.4 cm³/mol. The quantitative estimate of drug-likeness (QED) is 0.455. The van der Waals surface area contributed by atoms with Crippen LogP contribution in [0.1, 0.15) is 0 Å². The lowest BCUT2D eigenvalue weighted by atomic mass is 11.3. The molecule has 1 unspecified atom stereocenters. The van der Waals surface area contributed by atoms with Crippen molar-refractivity contribution in [2.24, 2.45) is 0 Å². The molecule has 1 aliphatic rings. The van der Waals surface area contributed by atoms with Crippen LogP contribution < -0.4 is 0 Å². The van der Waals surface area contributed by atoms with Gasteiger partial charge in [0.15, 0.2) is 0 Å². The molecule has 0 aliphatic carbocycles. The molecule has 1 atom stereocenters. The molecule has 0 bridgehead atoms. The Hall–Kier alpha value is -0.330. The zero-order chi connectivity index (χ0) is 7.12. The first-order valence-electron chi connectivity index (χ1n) is 1.93. The molecule has 1 aliphatic heterocycles. The van der Waals surface area contributed by atoms with Gasteiger partial charge >= 0.3 is 10.1 Å². The maximum atomic E-state index is 10.6. The lowest BCUT2D eigenvalue weighted by Crippen LogP contribution is -1.99. The van der Waals surface area contributed by atoms with Crippen LogP contribution in [-0.4, -0.2) is 18.5 Å². The fourth-order valence-corrected chi connectivity index (χ4v) is 3.23. The Morgan fingerprint density at radius 2 is 1.78 bits per heavy atom. The first-order chi connectivity index (χ1) is 3.91. The minimum absolute atomic E-state index is 0.738. The zero-order valence-electron chi connectivity index (χ0n) is 4.31. The molecule has 0 aromatic carbocycles. The molecule has 0 N–H and O–H groups in total. The van der Waals surface area contributed by atoms with Crippen LogP contribution >= 0.6 is 0 Å². The van der Waals surface area contributed by atoms with Crippen LogP contribution in [0.3, 0.4) is 0 Å². The van der Waals surface area contributed by atoms with Gasteiger partial charge in [-0.3, -0.25) is 0 Å². The normalized spacial score (nSPS) is 39.1. The van der Waals surface area contributed by atoms with Crippen LogP contribution in [0.25, 0.3) is 0 Å². The molecule has 1 heterocycles. The van der Waals surface area contributed by atoms with E-state index in [-0.39, 0.29) is 0 Å². The Bertz CT molecular complexity index is 296. The van der Waals surface area contributed by atoms with Crippen LogP contribution in [0, 0.1) is 0 Å². The molecular formula is C3H4O4S2. The maximum absolute atomic E-state index is 10.6. The average Bonchev–Trinajstić information content (AvgIpc) is 1.78. The van der Waals surface area contributed by atoms with Gasteiger partial charge in [0.2, 0.25) is 0 Å². The Balaban J connectivity index is 3.28. The summed E-state index contributed by atoms with van der Waals surface area (Å²) < 4.78 is 35.3. The highest BCUT2D eigenvalue weighted by Gasteiger charge is 2.19. The van der Waals surface area contributed by atoms with Gasteiger partial charge in [-0.15, -0.1) is 0 Å². The first kappa shape index (κ1) is 6.79. The van der Waals surface area contributed by atoms with Gasteiger partial charge in [-0.2, -0.15) is 12.0 Å². The third-order valence-corrected chi connectivity index (χ3v) is 3.51. The molecule has 0 aromatic heterocycles. The summed E-state index contributed by atoms with van der Waals surface area (Å²) in [5.41, 5.74) is 0. The third-order valence-electron chi connectivity index (χ3n) is 0.640. The van der Waals surface area contributed by atoms with Gasteiger partial charge in [-0.1, -0.05) is 0 Å². The lowest BCUT2D eigenvalue weighted by molar-refractivity contribution is 0.514.